The van der Waals surface area contributed by atoms with Crippen molar-refractivity contribution in [2.75, 3.05) is 0 Å². The molecule has 18 heavy (non-hydrogen) atoms. The summed E-state index contributed by atoms with van der Waals surface area (Å²) < 4.78 is 26.6. The molecular weight excluding hydrogens is 279 g/mol. The Kier molecular flexibility index (Phi) is 5.08. The smallest absolute Gasteiger partial charge is 0.142 e. The van der Waals surface area contributed by atoms with Crippen LogP contribution in [0.2, 0.25) is 5.02 Å². The van der Waals surface area contributed by atoms with Gasteiger partial charge in [0.05, 0.1) is 5.02 Å². The fourth-order valence-corrected chi connectivity index (χ4v) is 1.73. The molecule has 0 aliphatic carbocycles. The van der Waals surface area contributed by atoms with Crippen LogP contribution in [0.15, 0.2) is 36.4 Å². The van der Waals surface area contributed by atoms with Gasteiger partial charge in [0.25, 0.3) is 0 Å². The second-order valence-corrected chi connectivity index (χ2v) is 4.09. The first-order valence-corrected chi connectivity index (χ1v) is 5.43. The molecule has 96 valence electrons. The highest BCUT2D eigenvalue weighted by Gasteiger charge is 2.06. The molecule has 0 heterocycles. The summed E-state index contributed by atoms with van der Waals surface area (Å²) in [5, 5.41) is 0.0456. The molecule has 0 aliphatic heterocycles. The molecule has 5 heteroatoms. The minimum absolute atomic E-state index is 0. The topological polar surface area (TPSA) is 26.0 Å². The van der Waals surface area contributed by atoms with Gasteiger partial charge in [0.1, 0.15) is 11.6 Å². The van der Waals surface area contributed by atoms with Crippen LogP contribution < -0.4 is 5.73 Å². The van der Waals surface area contributed by atoms with Gasteiger partial charge in [-0.2, -0.15) is 0 Å². The molecule has 0 fully saturated rings. The first-order valence-electron chi connectivity index (χ1n) is 5.05. The summed E-state index contributed by atoms with van der Waals surface area (Å²) in [6, 6.07) is 8.78. The maximum atomic E-state index is 13.3. The molecule has 2 N–H and O–H groups in total. The van der Waals surface area contributed by atoms with Crippen LogP contribution in [-0.4, -0.2) is 0 Å². The number of hydrogen-bond donors (Lipinski definition) is 1. The van der Waals surface area contributed by atoms with Crippen LogP contribution in [0.1, 0.15) is 5.56 Å². The second kappa shape index (κ2) is 6.14. The van der Waals surface area contributed by atoms with Crippen LogP contribution in [-0.2, 0) is 6.54 Å². The molecule has 2 aromatic rings. The SMILES string of the molecule is Cl.NCc1cc(F)cc(-c2ccc(Cl)c(F)c2)c1. The molecule has 0 saturated carbocycles. The number of rotatable bonds is 2. The Bertz CT molecular complexity index is 559. The van der Waals surface area contributed by atoms with Crippen molar-refractivity contribution >= 4 is 24.0 Å². The third-order valence-electron chi connectivity index (χ3n) is 2.45. The first-order chi connectivity index (χ1) is 8.10. The Labute approximate surface area is 115 Å². The van der Waals surface area contributed by atoms with E-state index in [4.69, 9.17) is 17.3 Å². The van der Waals surface area contributed by atoms with Crippen molar-refractivity contribution in [1.82, 2.24) is 0 Å². The predicted molar refractivity (Wildman–Crippen MR) is 71.9 cm³/mol. The van der Waals surface area contributed by atoms with Crippen molar-refractivity contribution in [3.8, 4) is 11.1 Å². The van der Waals surface area contributed by atoms with Gasteiger partial charge in [-0.15, -0.1) is 12.4 Å². The van der Waals surface area contributed by atoms with Crippen LogP contribution >= 0.6 is 24.0 Å². The lowest BCUT2D eigenvalue weighted by Gasteiger charge is -2.06. The molecule has 0 atom stereocenters. The summed E-state index contributed by atoms with van der Waals surface area (Å²) in [5.41, 5.74) is 7.27. The monoisotopic (exact) mass is 289 g/mol. The normalized spacial score (nSPS) is 10.0. The molecule has 2 rings (SSSR count). The van der Waals surface area contributed by atoms with Crippen molar-refractivity contribution in [1.29, 1.82) is 0 Å². The maximum Gasteiger partial charge on any atom is 0.142 e. The highest BCUT2D eigenvalue weighted by Crippen LogP contribution is 2.25. The van der Waals surface area contributed by atoms with E-state index in [9.17, 15) is 8.78 Å². The molecule has 2 aromatic carbocycles. The van der Waals surface area contributed by atoms with Gasteiger partial charge >= 0.3 is 0 Å². The Balaban J connectivity index is 0.00000162. The number of hydrogen-bond acceptors (Lipinski definition) is 1. The third kappa shape index (κ3) is 3.19. The van der Waals surface area contributed by atoms with Gasteiger partial charge in [0, 0.05) is 6.54 Å². The minimum atomic E-state index is -0.525. The van der Waals surface area contributed by atoms with Crippen LogP contribution in [0.4, 0.5) is 8.78 Å². The van der Waals surface area contributed by atoms with Crippen molar-refractivity contribution in [2.45, 2.75) is 6.54 Å². The van der Waals surface area contributed by atoms with Gasteiger partial charge in [0.15, 0.2) is 0 Å². The Hall–Kier alpha value is -1.16. The molecule has 0 aromatic heterocycles. The van der Waals surface area contributed by atoms with E-state index >= 15 is 0 Å². The highest BCUT2D eigenvalue weighted by molar-refractivity contribution is 6.30. The Morgan fingerprint density at radius 3 is 2.33 bits per heavy atom. The van der Waals surface area contributed by atoms with Crippen molar-refractivity contribution < 1.29 is 8.78 Å². The standard InChI is InChI=1S/C13H10ClF2N.ClH/c14-12-2-1-9(6-13(12)16)10-3-8(7-17)4-11(15)5-10;/h1-6H,7,17H2;1H. The Morgan fingerprint density at radius 1 is 1.00 bits per heavy atom. The molecule has 0 spiro atoms. The van der Waals surface area contributed by atoms with Crippen LogP contribution in [0.25, 0.3) is 11.1 Å². The van der Waals surface area contributed by atoms with E-state index < -0.39 is 11.6 Å². The van der Waals surface area contributed by atoms with Crippen LogP contribution in [0.3, 0.4) is 0 Å². The van der Waals surface area contributed by atoms with Gasteiger partial charge in [-0.05, 0) is 47.0 Å². The quantitative estimate of drug-likeness (QED) is 0.882. The Morgan fingerprint density at radius 2 is 1.72 bits per heavy atom. The minimum Gasteiger partial charge on any atom is -0.326 e. The summed E-state index contributed by atoms with van der Waals surface area (Å²) in [7, 11) is 0. The average molecular weight is 290 g/mol. The van der Waals surface area contributed by atoms with Crippen LogP contribution in [0, 0.1) is 11.6 Å². The summed E-state index contributed by atoms with van der Waals surface area (Å²) >= 11 is 5.59. The maximum absolute atomic E-state index is 13.3. The van der Waals surface area contributed by atoms with E-state index in [1.54, 1.807) is 12.1 Å². The lowest BCUT2D eigenvalue weighted by molar-refractivity contribution is 0.624. The van der Waals surface area contributed by atoms with Gasteiger partial charge in [-0.3, -0.25) is 0 Å². The number of halogens is 4. The van der Waals surface area contributed by atoms with Crippen molar-refractivity contribution in [2.24, 2.45) is 5.73 Å². The first kappa shape index (κ1) is 14.9. The molecule has 0 amide bonds. The van der Waals surface area contributed by atoms with Gasteiger partial charge in [-0.25, -0.2) is 8.78 Å². The molecule has 0 aliphatic rings. The third-order valence-corrected chi connectivity index (χ3v) is 2.75. The second-order valence-electron chi connectivity index (χ2n) is 3.68. The largest absolute Gasteiger partial charge is 0.326 e. The van der Waals surface area contributed by atoms with Crippen molar-refractivity contribution in [3.05, 3.63) is 58.6 Å². The molecule has 0 saturated heterocycles. The predicted octanol–water partition coefficient (Wildman–Crippen LogP) is 4.17. The zero-order valence-corrected chi connectivity index (χ0v) is 10.9. The van der Waals surface area contributed by atoms with E-state index in [0.717, 1.165) is 0 Å². The highest BCUT2D eigenvalue weighted by atomic mass is 35.5. The van der Waals surface area contributed by atoms with Crippen molar-refractivity contribution in [3.63, 3.8) is 0 Å². The lowest BCUT2D eigenvalue weighted by atomic mass is 10.0. The average Bonchev–Trinajstić information content (AvgIpc) is 2.32. The van der Waals surface area contributed by atoms with E-state index in [2.05, 4.69) is 0 Å². The zero-order chi connectivity index (χ0) is 12.4. The zero-order valence-electron chi connectivity index (χ0n) is 9.29. The molecular formula is C13H11Cl2F2N. The fourth-order valence-electron chi connectivity index (χ4n) is 1.61. The summed E-state index contributed by atoms with van der Waals surface area (Å²) in [6.07, 6.45) is 0. The molecule has 0 radical (unpaired) electrons. The lowest BCUT2D eigenvalue weighted by Crippen LogP contribution is -1.97. The van der Waals surface area contributed by atoms with E-state index in [-0.39, 0.29) is 24.0 Å². The van der Waals surface area contributed by atoms with E-state index in [1.165, 1.54) is 24.3 Å². The van der Waals surface area contributed by atoms with Gasteiger partial charge in [0.2, 0.25) is 0 Å². The molecule has 0 bridgehead atoms. The number of nitrogens with two attached hydrogens (primary N) is 1. The molecule has 0 unspecified atom stereocenters. The number of benzene rings is 2. The molecule has 1 nitrogen and oxygen atoms in total. The summed E-state index contributed by atoms with van der Waals surface area (Å²) in [5.74, 6) is -0.916. The van der Waals surface area contributed by atoms with Crippen LogP contribution in [0.5, 0.6) is 0 Å². The van der Waals surface area contributed by atoms with E-state index in [0.29, 0.717) is 16.7 Å². The fraction of sp³-hybridized carbons (Fsp3) is 0.0769. The van der Waals surface area contributed by atoms with E-state index in [1.807, 2.05) is 0 Å². The van der Waals surface area contributed by atoms with Gasteiger partial charge in [-0.1, -0.05) is 17.7 Å². The summed E-state index contributed by atoms with van der Waals surface area (Å²) in [4.78, 5) is 0. The summed E-state index contributed by atoms with van der Waals surface area (Å²) in [6.45, 7) is 0.237. The van der Waals surface area contributed by atoms with Gasteiger partial charge < -0.3 is 5.73 Å².